The fourth-order valence-corrected chi connectivity index (χ4v) is 4.49. The molecule has 0 radical (unpaired) electrons. The monoisotopic (exact) mass is 473 g/mol. The summed E-state index contributed by atoms with van der Waals surface area (Å²) < 4.78 is 1.90. The summed E-state index contributed by atoms with van der Waals surface area (Å²) in [6.07, 6.45) is 16.4. The van der Waals surface area contributed by atoms with Crippen LogP contribution in [-0.2, 0) is 13.5 Å². The van der Waals surface area contributed by atoms with E-state index in [4.69, 9.17) is 0 Å². The van der Waals surface area contributed by atoms with Crippen molar-refractivity contribution in [2.45, 2.75) is 57.8 Å². The number of nitrogens with zero attached hydrogens (tertiary/aromatic N) is 4. The van der Waals surface area contributed by atoms with E-state index in [1.807, 2.05) is 25.0 Å². The summed E-state index contributed by atoms with van der Waals surface area (Å²) in [6.45, 7) is 3.28. The largest absolute Gasteiger partial charge is 0.356 e. The Labute approximate surface area is 176 Å². The molecule has 1 saturated carbocycles. The van der Waals surface area contributed by atoms with Gasteiger partial charge in [0, 0.05) is 39.9 Å². The minimum absolute atomic E-state index is 0. The number of unbranched alkanes of at least 4 members (excludes halogenated alkanes) is 1. The van der Waals surface area contributed by atoms with Gasteiger partial charge in [0.1, 0.15) is 0 Å². The molecule has 1 unspecified atom stereocenters. The lowest BCUT2D eigenvalue weighted by Crippen LogP contribution is -2.40. The van der Waals surface area contributed by atoms with Gasteiger partial charge in [0.25, 0.3) is 0 Å². The molecule has 148 valence electrons. The molecule has 2 fully saturated rings. The van der Waals surface area contributed by atoms with Crippen molar-refractivity contribution < 1.29 is 0 Å². The van der Waals surface area contributed by atoms with Gasteiger partial charge in [-0.15, -0.1) is 24.0 Å². The van der Waals surface area contributed by atoms with Gasteiger partial charge in [-0.1, -0.05) is 38.5 Å². The van der Waals surface area contributed by atoms with Gasteiger partial charge in [-0.2, -0.15) is 5.10 Å². The Balaban J connectivity index is 0.00000243. The fraction of sp³-hybridized carbons (Fsp3) is 0.800. The fourth-order valence-electron chi connectivity index (χ4n) is 4.49. The number of aromatic nitrogens is 2. The highest BCUT2D eigenvalue weighted by Gasteiger charge is 2.25. The van der Waals surface area contributed by atoms with Crippen LogP contribution in [0.3, 0.4) is 0 Å². The van der Waals surface area contributed by atoms with Crippen molar-refractivity contribution in [2.75, 3.05) is 26.7 Å². The van der Waals surface area contributed by atoms with Crippen molar-refractivity contribution in [3.05, 3.63) is 18.0 Å². The van der Waals surface area contributed by atoms with Gasteiger partial charge in [0.2, 0.25) is 0 Å². The molecular formula is C20H36IN5. The molecule has 0 spiro atoms. The van der Waals surface area contributed by atoms with Crippen LogP contribution in [0, 0.1) is 11.8 Å². The zero-order chi connectivity index (χ0) is 17.5. The molecule has 1 N–H and O–H groups in total. The van der Waals surface area contributed by atoms with E-state index in [-0.39, 0.29) is 24.0 Å². The van der Waals surface area contributed by atoms with E-state index in [9.17, 15) is 0 Å². The van der Waals surface area contributed by atoms with Crippen molar-refractivity contribution in [3.63, 3.8) is 0 Å². The van der Waals surface area contributed by atoms with Crippen LogP contribution < -0.4 is 5.32 Å². The predicted molar refractivity (Wildman–Crippen MR) is 119 cm³/mol. The Morgan fingerprint density at radius 3 is 2.73 bits per heavy atom. The molecule has 26 heavy (non-hydrogen) atoms. The maximum Gasteiger partial charge on any atom is 0.193 e. The van der Waals surface area contributed by atoms with Crippen molar-refractivity contribution in [3.8, 4) is 0 Å². The number of hydrogen-bond acceptors (Lipinski definition) is 2. The summed E-state index contributed by atoms with van der Waals surface area (Å²) in [5.41, 5.74) is 1.35. The number of likely N-dealkylation sites (tertiary alicyclic amines) is 1. The van der Waals surface area contributed by atoms with E-state index >= 15 is 0 Å². The zero-order valence-corrected chi connectivity index (χ0v) is 18.8. The molecule has 6 heteroatoms. The molecule has 1 aromatic rings. The lowest BCUT2D eigenvalue weighted by Gasteiger charge is -2.22. The molecule has 3 rings (SSSR count). The van der Waals surface area contributed by atoms with Crippen molar-refractivity contribution in [2.24, 2.45) is 23.9 Å². The van der Waals surface area contributed by atoms with E-state index in [0.29, 0.717) is 5.92 Å². The topological polar surface area (TPSA) is 45.5 Å². The average Bonchev–Trinajstić information content (AvgIpc) is 3.34. The van der Waals surface area contributed by atoms with Crippen LogP contribution in [0.4, 0.5) is 0 Å². The van der Waals surface area contributed by atoms with Gasteiger partial charge in [0.15, 0.2) is 5.96 Å². The van der Waals surface area contributed by atoms with Crippen molar-refractivity contribution >= 4 is 29.9 Å². The lowest BCUT2D eigenvalue weighted by atomic mass is 10.0. The minimum Gasteiger partial charge on any atom is -0.356 e. The second kappa shape index (κ2) is 11.1. The molecule has 0 aromatic carbocycles. The molecule has 5 nitrogen and oxygen atoms in total. The number of aryl methyl sites for hydroxylation is 1. The van der Waals surface area contributed by atoms with Crippen LogP contribution in [0.1, 0.15) is 56.9 Å². The SMILES string of the molecule is CN=C(NCCCCC1CCCC1)N1CCC(Cc2cnn(C)c2)C1.I. The Hall–Kier alpha value is -0.790. The van der Waals surface area contributed by atoms with E-state index in [1.165, 1.54) is 56.9 Å². The predicted octanol–water partition coefficient (Wildman–Crippen LogP) is 3.84. The first-order valence-corrected chi connectivity index (χ1v) is 10.2. The first kappa shape index (κ1) is 21.5. The molecule has 1 aliphatic heterocycles. The third kappa shape index (κ3) is 6.43. The smallest absolute Gasteiger partial charge is 0.193 e. The highest BCUT2D eigenvalue weighted by molar-refractivity contribution is 14.0. The Kier molecular flexibility index (Phi) is 9.22. The van der Waals surface area contributed by atoms with Crippen molar-refractivity contribution in [1.29, 1.82) is 0 Å². The highest BCUT2D eigenvalue weighted by atomic mass is 127. The number of nitrogens with one attached hydrogen (secondary N) is 1. The first-order valence-electron chi connectivity index (χ1n) is 10.2. The quantitative estimate of drug-likeness (QED) is 0.283. The van der Waals surface area contributed by atoms with Gasteiger partial charge in [-0.05, 0) is 36.7 Å². The number of rotatable bonds is 7. The molecule has 1 aromatic heterocycles. The molecule has 2 heterocycles. The van der Waals surface area contributed by atoms with Crippen LogP contribution in [0.5, 0.6) is 0 Å². The van der Waals surface area contributed by atoms with E-state index < -0.39 is 0 Å². The van der Waals surface area contributed by atoms with Crippen LogP contribution in [-0.4, -0.2) is 47.3 Å². The minimum atomic E-state index is 0. The highest BCUT2D eigenvalue weighted by Crippen LogP contribution is 2.28. The molecule has 0 bridgehead atoms. The van der Waals surface area contributed by atoms with Gasteiger partial charge < -0.3 is 10.2 Å². The molecule has 1 saturated heterocycles. The van der Waals surface area contributed by atoms with E-state index in [0.717, 1.165) is 37.9 Å². The molecule has 2 aliphatic rings. The second-order valence-electron chi connectivity index (χ2n) is 7.95. The maximum atomic E-state index is 4.51. The van der Waals surface area contributed by atoms with Gasteiger partial charge in [-0.3, -0.25) is 9.67 Å². The number of hydrogen-bond donors (Lipinski definition) is 1. The standard InChI is InChI=1S/C20H35N5.HI/c1-21-20(22-11-6-5-9-17-7-3-4-8-17)25-12-10-18(16-25)13-19-14-23-24(2)15-19;/h14-15,17-18H,3-13,16H2,1-2H3,(H,21,22);1H. The number of aliphatic imine (C=N–C) groups is 1. The van der Waals surface area contributed by atoms with Gasteiger partial charge in [-0.25, -0.2) is 0 Å². The summed E-state index contributed by atoms with van der Waals surface area (Å²) in [5, 5.41) is 7.87. The average molecular weight is 473 g/mol. The zero-order valence-electron chi connectivity index (χ0n) is 16.5. The van der Waals surface area contributed by atoms with Crippen LogP contribution in [0.25, 0.3) is 0 Å². The summed E-state index contributed by atoms with van der Waals surface area (Å²) in [7, 11) is 3.90. The molecule has 0 amide bonds. The lowest BCUT2D eigenvalue weighted by molar-refractivity contribution is 0.450. The van der Waals surface area contributed by atoms with E-state index in [2.05, 4.69) is 26.5 Å². The summed E-state index contributed by atoms with van der Waals surface area (Å²) in [5.74, 6) is 2.82. The Morgan fingerprint density at radius 2 is 2.04 bits per heavy atom. The molecule has 1 atom stereocenters. The summed E-state index contributed by atoms with van der Waals surface area (Å²) in [6, 6.07) is 0. The third-order valence-electron chi connectivity index (χ3n) is 5.88. The number of halogens is 1. The third-order valence-corrected chi connectivity index (χ3v) is 5.88. The summed E-state index contributed by atoms with van der Waals surface area (Å²) >= 11 is 0. The van der Waals surface area contributed by atoms with E-state index in [1.54, 1.807) is 0 Å². The normalized spacial score (nSPS) is 21.2. The van der Waals surface area contributed by atoms with Crippen LogP contribution in [0.15, 0.2) is 17.4 Å². The Bertz CT molecular complexity index is 550. The van der Waals surface area contributed by atoms with Crippen molar-refractivity contribution in [1.82, 2.24) is 20.0 Å². The molecular weight excluding hydrogens is 437 g/mol. The molecule has 1 aliphatic carbocycles. The summed E-state index contributed by atoms with van der Waals surface area (Å²) in [4.78, 5) is 6.93. The van der Waals surface area contributed by atoms with Crippen LogP contribution in [0.2, 0.25) is 0 Å². The second-order valence-corrected chi connectivity index (χ2v) is 7.95. The van der Waals surface area contributed by atoms with Crippen LogP contribution >= 0.6 is 24.0 Å². The Morgan fingerprint density at radius 1 is 1.23 bits per heavy atom. The maximum absolute atomic E-state index is 4.51. The first-order chi connectivity index (χ1) is 12.2. The van der Waals surface area contributed by atoms with Gasteiger partial charge in [0.05, 0.1) is 6.20 Å². The number of guanidine groups is 1. The van der Waals surface area contributed by atoms with Gasteiger partial charge >= 0.3 is 0 Å².